The number of hydrogen-bond acceptors (Lipinski definition) is 7. The van der Waals surface area contributed by atoms with E-state index in [9.17, 15) is 4.79 Å². The molecule has 4 aromatic rings. The van der Waals surface area contributed by atoms with Gasteiger partial charge in [-0.1, -0.05) is 0 Å². The summed E-state index contributed by atoms with van der Waals surface area (Å²) in [7, 11) is 4.65. The summed E-state index contributed by atoms with van der Waals surface area (Å²) < 4.78 is 22.7. The lowest BCUT2D eigenvalue weighted by molar-refractivity contribution is 0.400. The number of nitrogens with two attached hydrogens (primary N) is 1. The summed E-state index contributed by atoms with van der Waals surface area (Å²) in [6, 6.07) is 10.0. The summed E-state index contributed by atoms with van der Waals surface area (Å²) in [6.45, 7) is 0. The minimum absolute atomic E-state index is 0.232. The number of anilines is 1. The SMILES string of the molecule is COc1ccc(OC)c2c1c(OC)cc1c(=O)cc(-c3cccnc3N)oc12. The monoisotopic (exact) mass is 378 g/mol. The number of methoxy groups -OCH3 is 3. The molecule has 0 saturated carbocycles. The summed E-state index contributed by atoms with van der Waals surface area (Å²) in [5.41, 5.74) is 6.63. The molecular weight excluding hydrogens is 360 g/mol. The number of nitrogens with zero attached hydrogens (tertiary/aromatic N) is 1. The van der Waals surface area contributed by atoms with E-state index in [1.165, 1.54) is 13.2 Å². The van der Waals surface area contributed by atoms with Crippen LogP contribution in [0.15, 0.2) is 51.8 Å². The standard InChI is InChI=1S/C21H18N2O5/c1-25-14-6-7-15(26-2)19-18(14)17(27-3)9-12-13(24)10-16(28-20(12)19)11-5-4-8-23-21(11)22/h4-10H,1-3H3,(H2,22,23). The van der Waals surface area contributed by atoms with Gasteiger partial charge in [-0.3, -0.25) is 4.79 Å². The van der Waals surface area contributed by atoms with Crippen LogP contribution in [0, 0.1) is 0 Å². The molecule has 0 spiro atoms. The average molecular weight is 378 g/mol. The minimum Gasteiger partial charge on any atom is -0.496 e. The fraction of sp³-hybridized carbons (Fsp3) is 0.143. The summed E-state index contributed by atoms with van der Waals surface area (Å²) in [5.74, 6) is 2.17. The van der Waals surface area contributed by atoms with Crippen LogP contribution in [-0.4, -0.2) is 26.3 Å². The quantitative estimate of drug-likeness (QED) is 0.542. The molecule has 7 nitrogen and oxygen atoms in total. The van der Waals surface area contributed by atoms with Crippen LogP contribution in [0.2, 0.25) is 0 Å². The second-order valence-electron chi connectivity index (χ2n) is 6.09. The van der Waals surface area contributed by atoms with Crippen LogP contribution in [0.1, 0.15) is 0 Å². The highest BCUT2D eigenvalue weighted by atomic mass is 16.5. The second kappa shape index (κ2) is 6.77. The zero-order chi connectivity index (χ0) is 19.8. The van der Waals surface area contributed by atoms with E-state index in [2.05, 4.69) is 4.98 Å². The Morgan fingerprint density at radius 1 is 0.929 bits per heavy atom. The molecule has 2 heterocycles. The van der Waals surface area contributed by atoms with Crippen molar-refractivity contribution in [3.63, 3.8) is 0 Å². The van der Waals surface area contributed by atoms with Gasteiger partial charge in [0.05, 0.1) is 43.1 Å². The molecule has 2 aromatic heterocycles. The van der Waals surface area contributed by atoms with E-state index in [-0.39, 0.29) is 11.2 Å². The third kappa shape index (κ3) is 2.60. The van der Waals surface area contributed by atoms with Crippen molar-refractivity contribution < 1.29 is 18.6 Å². The van der Waals surface area contributed by atoms with E-state index in [4.69, 9.17) is 24.4 Å². The van der Waals surface area contributed by atoms with Crippen molar-refractivity contribution in [3.05, 3.63) is 52.8 Å². The van der Waals surface area contributed by atoms with Crippen LogP contribution < -0.4 is 25.4 Å². The van der Waals surface area contributed by atoms with Gasteiger partial charge in [-0.2, -0.15) is 0 Å². The highest BCUT2D eigenvalue weighted by molar-refractivity contribution is 6.13. The molecule has 28 heavy (non-hydrogen) atoms. The van der Waals surface area contributed by atoms with Crippen LogP contribution in [0.25, 0.3) is 33.1 Å². The summed E-state index contributed by atoms with van der Waals surface area (Å²) in [6.07, 6.45) is 1.58. The second-order valence-corrected chi connectivity index (χ2v) is 6.09. The van der Waals surface area contributed by atoms with Gasteiger partial charge in [-0.25, -0.2) is 4.98 Å². The van der Waals surface area contributed by atoms with Gasteiger partial charge in [0.2, 0.25) is 0 Å². The molecule has 0 amide bonds. The van der Waals surface area contributed by atoms with Crippen molar-refractivity contribution in [2.75, 3.05) is 27.1 Å². The number of pyridine rings is 1. The maximum Gasteiger partial charge on any atom is 0.193 e. The molecule has 0 fully saturated rings. The van der Waals surface area contributed by atoms with Gasteiger partial charge in [-0.05, 0) is 30.3 Å². The maximum atomic E-state index is 12.9. The first-order valence-corrected chi connectivity index (χ1v) is 8.49. The van der Waals surface area contributed by atoms with Crippen LogP contribution in [0.4, 0.5) is 5.82 Å². The molecule has 142 valence electrons. The normalized spacial score (nSPS) is 11.0. The third-order valence-corrected chi connectivity index (χ3v) is 4.63. The van der Waals surface area contributed by atoms with Gasteiger partial charge < -0.3 is 24.4 Å². The molecule has 0 bridgehead atoms. The Hall–Kier alpha value is -3.74. The van der Waals surface area contributed by atoms with E-state index < -0.39 is 0 Å². The van der Waals surface area contributed by atoms with Crippen molar-refractivity contribution in [1.29, 1.82) is 0 Å². The molecule has 2 aromatic carbocycles. The Balaban J connectivity index is 2.22. The van der Waals surface area contributed by atoms with Crippen LogP contribution in [0.5, 0.6) is 17.2 Å². The fourth-order valence-corrected chi connectivity index (χ4v) is 3.32. The van der Waals surface area contributed by atoms with E-state index >= 15 is 0 Å². The highest BCUT2D eigenvalue weighted by Gasteiger charge is 2.20. The molecule has 7 heteroatoms. The lowest BCUT2D eigenvalue weighted by Crippen LogP contribution is -2.04. The van der Waals surface area contributed by atoms with E-state index in [0.29, 0.717) is 50.3 Å². The Morgan fingerprint density at radius 2 is 1.61 bits per heavy atom. The highest BCUT2D eigenvalue weighted by Crippen LogP contribution is 2.44. The first-order valence-electron chi connectivity index (χ1n) is 8.49. The molecule has 0 atom stereocenters. The van der Waals surface area contributed by atoms with Crippen molar-refractivity contribution in [3.8, 4) is 28.6 Å². The van der Waals surface area contributed by atoms with Crippen molar-refractivity contribution in [1.82, 2.24) is 4.98 Å². The Labute approximate surface area is 160 Å². The largest absolute Gasteiger partial charge is 0.496 e. The Morgan fingerprint density at radius 3 is 2.25 bits per heavy atom. The molecule has 0 saturated heterocycles. The number of rotatable bonds is 4. The predicted octanol–water partition coefficient (Wildman–Crippen LogP) is 3.62. The van der Waals surface area contributed by atoms with E-state index in [1.807, 2.05) is 0 Å². The van der Waals surface area contributed by atoms with Crippen LogP contribution >= 0.6 is 0 Å². The number of fused-ring (bicyclic) bond motifs is 3. The number of nitrogen functional groups attached to an aromatic ring is 1. The molecule has 0 radical (unpaired) electrons. The first-order chi connectivity index (χ1) is 13.6. The van der Waals surface area contributed by atoms with Gasteiger partial charge in [-0.15, -0.1) is 0 Å². The number of benzene rings is 2. The van der Waals surface area contributed by atoms with Gasteiger partial charge in [0, 0.05) is 12.3 Å². The summed E-state index contributed by atoms with van der Waals surface area (Å²) in [4.78, 5) is 17.0. The molecule has 0 unspecified atom stereocenters. The van der Waals surface area contributed by atoms with Gasteiger partial charge >= 0.3 is 0 Å². The Bertz CT molecular complexity index is 1260. The predicted molar refractivity (Wildman–Crippen MR) is 107 cm³/mol. The van der Waals surface area contributed by atoms with Crippen molar-refractivity contribution >= 4 is 27.6 Å². The minimum atomic E-state index is -0.232. The zero-order valence-corrected chi connectivity index (χ0v) is 15.6. The molecule has 4 rings (SSSR count). The van der Waals surface area contributed by atoms with E-state index in [0.717, 1.165) is 0 Å². The lowest BCUT2D eigenvalue weighted by atomic mass is 10.0. The van der Waals surface area contributed by atoms with Gasteiger partial charge in [0.25, 0.3) is 0 Å². The van der Waals surface area contributed by atoms with Crippen LogP contribution in [-0.2, 0) is 0 Å². The van der Waals surface area contributed by atoms with Gasteiger partial charge in [0.15, 0.2) is 11.0 Å². The number of ether oxygens (including phenoxy) is 3. The molecule has 0 aliphatic rings. The van der Waals surface area contributed by atoms with Crippen molar-refractivity contribution in [2.24, 2.45) is 0 Å². The summed E-state index contributed by atoms with van der Waals surface area (Å²) >= 11 is 0. The van der Waals surface area contributed by atoms with Crippen molar-refractivity contribution in [2.45, 2.75) is 0 Å². The molecule has 2 N–H and O–H groups in total. The first kappa shape index (κ1) is 17.7. The lowest BCUT2D eigenvalue weighted by Gasteiger charge is -2.15. The molecule has 0 aliphatic heterocycles. The maximum absolute atomic E-state index is 12.9. The number of hydrogen-bond donors (Lipinski definition) is 1. The third-order valence-electron chi connectivity index (χ3n) is 4.63. The zero-order valence-electron chi connectivity index (χ0n) is 15.6. The smallest absolute Gasteiger partial charge is 0.193 e. The van der Waals surface area contributed by atoms with Crippen LogP contribution in [0.3, 0.4) is 0 Å². The van der Waals surface area contributed by atoms with Gasteiger partial charge in [0.1, 0.15) is 28.8 Å². The summed E-state index contributed by atoms with van der Waals surface area (Å²) in [5, 5.41) is 1.59. The topological polar surface area (TPSA) is 96.8 Å². The Kier molecular flexibility index (Phi) is 4.27. The molecule has 0 aliphatic carbocycles. The van der Waals surface area contributed by atoms with E-state index in [1.54, 1.807) is 50.7 Å². The number of aromatic nitrogens is 1. The average Bonchev–Trinajstić information content (AvgIpc) is 2.72. The fourth-order valence-electron chi connectivity index (χ4n) is 3.32. The molecular formula is C21H18N2O5.